The second-order valence-corrected chi connectivity index (χ2v) is 5.87. The average Bonchev–Trinajstić information content (AvgIpc) is 2.47. The van der Waals surface area contributed by atoms with Crippen molar-refractivity contribution in [3.63, 3.8) is 0 Å². The molecule has 0 heterocycles. The second kappa shape index (κ2) is 9.96. The molecule has 0 aliphatic rings. The Balaban J connectivity index is 2.29. The van der Waals surface area contributed by atoms with Crippen LogP contribution in [0.4, 0.5) is 0 Å². The SMILES string of the molecule is CC(C)=CCC/C(C)=C/COC(=O)C[C@@H]([NH3+])c1ccccc1. The van der Waals surface area contributed by atoms with Crippen molar-refractivity contribution in [1.29, 1.82) is 0 Å². The number of hydrogen-bond donors (Lipinski definition) is 1. The molecule has 0 aliphatic heterocycles. The van der Waals surface area contributed by atoms with Crippen LogP contribution < -0.4 is 5.73 Å². The molecule has 1 aromatic carbocycles. The van der Waals surface area contributed by atoms with Gasteiger partial charge in [0.05, 0.1) is 0 Å². The number of carbonyl (C=O) groups is 1. The van der Waals surface area contributed by atoms with E-state index < -0.39 is 0 Å². The van der Waals surface area contributed by atoms with Gasteiger partial charge in [-0.05, 0) is 39.7 Å². The molecule has 0 spiro atoms. The van der Waals surface area contributed by atoms with E-state index in [0.29, 0.717) is 13.0 Å². The highest BCUT2D eigenvalue weighted by Crippen LogP contribution is 2.12. The fraction of sp³-hybridized carbons (Fsp3) is 0.421. The van der Waals surface area contributed by atoms with Crippen LogP contribution in [0.15, 0.2) is 53.6 Å². The molecule has 0 saturated carbocycles. The Bertz CT molecular complexity index is 513. The van der Waals surface area contributed by atoms with E-state index in [1.807, 2.05) is 36.4 Å². The van der Waals surface area contributed by atoms with Crippen LogP contribution in [0.2, 0.25) is 0 Å². The Labute approximate surface area is 133 Å². The molecule has 0 fully saturated rings. The molecule has 3 nitrogen and oxygen atoms in total. The van der Waals surface area contributed by atoms with Gasteiger partial charge in [0.15, 0.2) is 0 Å². The molecule has 120 valence electrons. The van der Waals surface area contributed by atoms with Crippen molar-refractivity contribution in [1.82, 2.24) is 0 Å². The Morgan fingerprint density at radius 1 is 1.18 bits per heavy atom. The zero-order valence-electron chi connectivity index (χ0n) is 14.0. The highest BCUT2D eigenvalue weighted by molar-refractivity contribution is 5.70. The van der Waals surface area contributed by atoms with Gasteiger partial charge in [-0.25, -0.2) is 0 Å². The normalized spacial score (nSPS) is 12.6. The second-order valence-electron chi connectivity index (χ2n) is 5.87. The van der Waals surface area contributed by atoms with Crippen molar-refractivity contribution >= 4 is 5.97 Å². The van der Waals surface area contributed by atoms with Crippen molar-refractivity contribution in [3.05, 3.63) is 59.2 Å². The lowest BCUT2D eigenvalue weighted by atomic mass is 10.1. The van der Waals surface area contributed by atoms with Crippen molar-refractivity contribution in [2.45, 2.75) is 46.1 Å². The van der Waals surface area contributed by atoms with E-state index in [1.165, 1.54) is 11.1 Å². The molecule has 0 aromatic heterocycles. The molecule has 3 heteroatoms. The van der Waals surface area contributed by atoms with Crippen molar-refractivity contribution in [2.75, 3.05) is 6.61 Å². The maximum absolute atomic E-state index is 11.8. The maximum atomic E-state index is 11.8. The van der Waals surface area contributed by atoms with E-state index in [2.05, 4.69) is 32.6 Å². The van der Waals surface area contributed by atoms with Gasteiger partial charge < -0.3 is 10.5 Å². The van der Waals surface area contributed by atoms with E-state index in [9.17, 15) is 4.79 Å². The van der Waals surface area contributed by atoms with Crippen LogP contribution in [-0.4, -0.2) is 12.6 Å². The number of quaternary nitrogens is 1. The fourth-order valence-corrected chi connectivity index (χ4v) is 2.07. The van der Waals surface area contributed by atoms with Gasteiger partial charge >= 0.3 is 5.97 Å². The molecule has 0 aliphatic carbocycles. The standard InChI is InChI=1S/C19H27NO2/c1-15(2)8-7-9-16(3)12-13-22-19(21)14-18(20)17-10-5-4-6-11-17/h4-6,8,10-12,18H,7,9,13-14,20H2,1-3H3/p+1/b16-12+/t18-/m1/s1. The predicted molar refractivity (Wildman–Crippen MR) is 90.1 cm³/mol. The summed E-state index contributed by atoms with van der Waals surface area (Å²) >= 11 is 0. The molecule has 0 unspecified atom stereocenters. The van der Waals surface area contributed by atoms with Crippen LogP contribution in [0.1, 0.15) is 51.6 Å². The molecular formula is C19H28NO2+. The summed E-state index contributed by atoms with van der Waals surface area (Å²) in [5, 5.41) is 0. The first-order valence-corrected chi connectivity index (χ1v) is 7.81. The van der Waals surface area contributed by atoms with Gasteiger partial charge in [0.2, 0.25) is 0 Å². The quantitative estimate of drug-likeness (QED) is 0.589. The zero-order chi connectivity index (χ0) is 16.4. The third kappa shape index (κ3) is 7.79. The molecule has 1 aromatic rings. The highest BCUT2D eigenvalue weighted by Gasteiger charge is 2.15. The van der Waals surface area contributed by atoms with Gasteiger partial charge in [-0.15, -0.1) is 0 Å². The van der Waals surface area contributed by atoms with E-state index in [-0.39, 0.29) is 12.0 Å². The van der Waals surface area contributed by atoms with Gasteiger partial charge in [0.25, 0.3) is 0 Å². The van der Waals surface area contributed by atoms with Gasteiger partial charge in [-0.1, -0.05) is 47.6 Å². The van der Waals surface area contributed by atoms with Gasteiger partial charge in [0.1, 0.15) is 19.1 Å². The van der Waals surface area contributed by atoms with Gasteiger partial charge in [-0.3, -0.25) is 4.79 Å². The minimum absolute atomic E-state index is 0.0588. The maximum Gasteiger partial charge on any atom is 0.312 e. The zero-order valence-corrected chi connectivity index (χ0v) is 14.0. The van der Waals surface area contributed by atoms with E-state index >= 15 is 0 Å². The van der Waals surface area contributed by atoms with Crippen LogP contribution in [0.25, 0.3) is 0 Å². The highest BCUT2D eigenvalue weighted by atomic mass is 16.5. The summed E-state index contributed by atoms with van der Waals surface area (Å²) in [5.74, 6) is -0.197. The molecule has 0 saturated heterocycles. The summed E-state index contributed by atoms with van der Waals surface area (Å²) in [4.78, 5) is 11.8. The first-order valence-electron chi connectivity index (χ1n) is 7.81. The smallest absolute Gasteiger partial charge is 0.312 e. The van der Waals surface area contributed by atoms with Crippen LogP contribution in [0.5, 0.6) is 0 Å². The van der Waals surface area contributed by atoms with Crippen molar-refractivity contribution in [2.24, 2.45) is 0 Å². The van der Waals surface area contributed by atoms with E-state index in [0.717, 1.165) is 18.4 Å². The lowest BCUT2D eigenvalue weighted by molar-refractivity contribution is -0.425. The number of ether oxygens (including phenoxy) is 1. The Kier molecular flexibility index (Phi) is 8.23. The van der Waals surface area contributed by atoms with Crippen LogP contribution in [-0.2, 0) is 9.53 Å². The van der Waals surface area contributed by atoms with E-state index in [1.54, 1.807) is 0 Å². The van der Waals surface area contributed by atoms with Gasteiger partial charge in [-0.2, -0.15) is 0 Å². The Morgan fingerprint density at radius 2 is 1.86 bits per heavy atom. The molecule has 0 bridgehead atoms. The Morgan fingerprint density at radius 3 is 2.50 bits per heavy atom. The first-order chi connectivity index (χ1) is 10.5. The van der Waals surface area contributed by atoms with Gasteiger partial charge in [0, 0.05) is 5.56 Å². The van der Waals surface area contributed by atoms with Crippen molar-refractivity contribution in [3.8, 4) is 0 Å². The third-order valence-corrected chi connectivity index (χ3v) is 3.45. The number of rotatable bonds is 8. The summed E-state index contributed by atoms with van der Waals surface area (Å²) < 4.78 is 5.26. The Hall–Kier alpha value is -1.87. The minimum atomic E-state index is -0.197. The fourth-order valence-electron chi connectivity index (χ4n) is 2.07. The molecule has 1 atom stereocenters. The average molecular weight is 302 g/mol. The lowest BCUT2D eigenvalue weighted by Gasteiger charge is -2.08. The first kappa shape index (κ1) is 18.2. The van der Waals surface area contributed by atoms with Crippen LogP contribution >= 0.6 is 0 Å². The largest absolute Gasteiger partial charge is 0.461 e. The van der Waals surface area contributed by atoms with Crippen LogP contribution in [0, 0.1) is 0 Å². The predicted octanol–water partition coefficient (Wildman–Crippen LogP) is 3.60. The summed E-state index contributed by atoms with van der Waals surface area (Å²) in [7, 11) is 0. The summed E-state index contributed by atoms with van der Waals surface area (Å²) in [6, 6.07) is 9.78. The molecule has 0 amide bonds. The number of benzene rings is 1. The van der Waals surface area contributed by atoms with E-state index in [4.69, 9.17) is 4.74 Å². The number of esters is 1. The number of carbonyl (C=O) groups excluding carboxylic acids is 1. The number of hydrogen-bond acceptors (Lipinski definition) is 2. The summed E-state index contributed by atoms with van der Waals surface area (Å²) in [6.07, 6.45) is 6.56. The molecule has 1 rings (SSSR count). The molecular weight excluding hydrogens is 274 g/mol. The third-order valence-electron chi connectivity index (χ3n) is 3.45. The summed E-state index contributed by atoms with van der Waals surface area (Å²) in [6.45, 7) is 6.62. The monoisotopic (exact) mass is 302 g/mol. The minimum Gasteiger partial charge on any atom is -0.461 e. The molecule has 3 N–H and O–H groups in total. The van der Waals surface area contributed by atoms with Crippen LogP contribution in [0.3, 0.4) is 0 Å². The molecule has 22 heavy (non-hydrogen) atoms. The topological polar surface area (TPSA) is 53.9 Å². The van der Waals surface area contributed by atoms with Crippen molar-refractivity contribution < 1.29 is 15.3 Å². The molecule has 0 radical (unpaired) electrons. The summed E-state index contributed by atoms with van der Waals surface area (Å²) in [5.41, 5.74) is 7.67. The lowest BCUT2D eigenvalue weighted by Crippen LogP contribution is -2.54. The number of allylic oxidation sites excluding steroid dienone is 3.